The fourth-order valence-corrected chi connectivity index (χ4v) is 2.26. The van der Waals surface area contributed by atoms with E-state index in [2.05, 4.69) is 15.8 Å². The topological polar surface area (TPSA) is 90.7 Å². The van der Waals surface area contributed by atoms with E-state index in [9.17, 15) is 9.59 Å². The standard InChI is InChI=1S/C14H23N5O3/c1-3-4-15-14(21)19-7-5-18(6-8-19)10-13(20)16-12-9-11(2)22-17-12/h9H,3-8,10H2,1-2H3,(H,15,21)(H,16,17,20). The van der Waals surface area contributed by atoms with Crippen LogP contribution in [-0.4, -0.2) is 66.2 Å². The second kappa shape index (κ2) is 7.79. The summed E-state index contributed by atoms with van der Waals surface area (Å²) in [5.74, 6) is 0.958. The fourth-order valence-electron chi connectivity index (χ4n) is 2.26. The second-order valence-corrected chi connectivity index (χ2v) is 5.37. The normalized spacial score (nSPS) is 15.6. The first-order valence-electron chi connectivity index (χ1n) is 7.56. The number of rotatable bonds is 5. The summed E-state index contributed by atoms with van der Waals surface area (Å²) in [6.07, 6.45) is 0.924. The minimum absolute atomic E-state index is 0.0241. The average Bonchev–Trinajstić information content (AvgIpc) is 2.90. The number of urea groups is 1. The monoisotopic (exact) mass is 309 g/mol. The summed E-state index contributed by atoms with van der Waals surface area (Å²) in [4.78, 5) is 27.5. The summed E-state index contributed by atoms with van der Waals surface area (Å²) in [5.41, 5.74) is 0. The van der Waals surface area contributed by atoms with E-state index >= 15 is 0 Å². The number of hydrogen-bond acceptors (Lipinski definition) is 5. The molecule has 0 aliphatic carbocycles. The van der Waals surface area contributed by atoms with E-state index in [4.69, 9.17) is 4.52 Å². The van der Waals surface area contributed by atoms with Crippen LogP contribution < -0.4 is 10.6 Å². The van der Waals surface area contributed by atoms with Crippen molar-refractivity contribution in [2.45, 2.75) is 20.3 Å². The van der Waals surface area contributed by atoms with Gasteiger partial charge in [-0.1, -0.05) is 12.1 Å². The Morgan fingerprint density at radius 2 is 2.05 bits per heavy atom. The number of hydrogen-bond donors (Lipinski definition) is 2. The minimum atomic E-state index is -0.128. The number of anilines is 1. The third-order valence-corrected chi connectivity index (χ3v) is 3.45. The van der Waals surface area contributed by atoms with Gasteiger partial charge in [0.15, 0.2) is 5.82 Å². The highest BCUT2D eigenvalue weighted by Crippen LogP contribution is 2.07. The first-order valence-corrected chi connectivity index (χ1v) is 7.56. The van der Waals surface area contributed by atoms with Gasteiger partial charge in [-0.2, -0.15) is 0 Å². The third kappa shape index (κ3) is 4.73. The van der Waals surface area contributed by atoms with E-state index in [1.807, 2.05) is 11.8 Å². The molecule has 1 aromatic rings. The van der Waals surface area contributed by atoms with Gasteiger partial charge >= 0.3 is 6.03 Å². The lowest BCUT2D eigenvalue weighted by Gasteiger charge is -2.34. The zero-order chi connectivity index (χ0) is 15.9. The molecule has 1 fully saturated rings. The van der Waals surface area contributed by atoms with Crippen LogP contribution in [0.3, 0.4) is 0 Å². The number of aromatic nitrogens is 1. The Hall–Kier alpha value is -2.09. The van der Waals surface area contributed by atoms with Crippen molar-refractivity contribution in [3.05, 3.63) is 11.8 Å². The summed E-state index contributed by atoms with van der Waals surface area (Å²) in [6, 6.07) is 1.65. The lowest BCUT2D eigenvalue weighted by molar-refractivity contribution is -0.117. The molecular weight excluding hydrogens is 286 g/mol. The molecule has 0 saturated carbocycles. The Morgan fingerprint density at radius 3 is 2.64 bits per heavy atom. The zero-order valence-electron chi connectivity index (χ0n) is 13.1. The van der Waals surface area contributed by atoms with Crippen molar-refractivity contribution in [3.63, 3.8) is 0 Å². The molecule has 3 amide bonds. The number of nitrogens with zero attached hydrogens (tertiary/aromatic N) is 3. The molecule has 1 aromatic heterocycles. The van der Waals surface area contributed by atoms with Crippen LogP contribution in [0.15, 0.2) is 10.6 Å². The maximum absolute atomic E-state index is 11.9. The highest BCUT2D eigenvalue weighted by Gasteiger charge is 2.22. The van der Waals surface area contributed by atoms with Gasteiger partial charge in [0.1, 0.15) is 5.76 Å². The van der Waals surface area contributed by atoms with Gasteiger partial charge in [0.25, 0.3) is 0 Å². The summed E-state index contributed by atoms with van der Waals surface area (Å²) >= 11 is 0. The minimum Gasteiger partial charge on any atom is -0.360 e. The van der Waals surface area contributed by atoms with Gasteiger partial charge < -0.3 is 20.1 Å². The fraction of sp³-hybridized carbons (Fsp3) is 0.643. The van der Waals surface area contributed by atoms with Gasteiger partial charge in [0.05, 0.1) is 6.54 Å². The molecule has 1 aliphatic heterocycles. The molecule has 122 valence electrons. The molecule has 8 heteroatoms. The molecule has 2 N–H and O–H groups in total. The van der Waals surface area contributed by atoms with Crippen molar-refractivity contribution >= 4 is 17.8 Å². The second-order valence-electron chi connectivity index (χ2n) is 5.37. The van der Waals surface area contributed by atoms with E-state index in [0.717, 1.165) is 6.42 Å². The summed E-state index contributed by atoms with van der Waals surface area (Å²) in [7, 11) is 0. The molecular formula is C14H23N5O3. The molecule has 22 heavy (non-hydrogen) atoms. The Labute approximate surface area is 129 Å². The average molecular weight is 309 g/mol. The van der Waals surface area contributed by atoms with Crippen molar-refractivity contribution in [2.24, 2.45) is 0 Å². The molecule has 0 aromatic carbocycles. The first kappa shape index (κ1) is 16.3. The number of piperazine rings is 1. The first-order chi connectivity index (χ1) is 10.6. The smallest absolute Gasteiger partial charge is 0.317 e. The molecule has 0 spiro atoms. The predicted molar refractivity (Wildman–Crippen MR) is 81.6 cm³/mol. The number of nitrogens with one attached hydrogen (secondary N) is 2. The molecule has 2 heterocycles. The molecule has 0 unspecified atom stereocenters. The molecule has 0 bridgehead atoms. The molecule has 2 rings (SSSR count). The van der Waals surface area contributed by atoms with Gasteiger partial charge in [-0.15, -0.1) is 0 Å². The molecule has 0 radical (unpaired) electrons. The van der Waals surface area contributed by atoms with Crippen LogP contribution in [0.1, 0.15) is 19.1 Å². The van der Waals surface area contributed by atoms with Crippen LogP contribution in [-0.2, 0) is 4.79 Å². The van der Waals surface area contributed by atoms with Crippen LogP contribution in [0, 0.1) is 6.92 Å². The van der Waals surface area contributed by atoms with E-state index in [-0.39, 0.29) is 18.5 Å². The van der Waals surface area contributed by atoms with Crippen LogP contribution >= 0.6 is 0 Å². The Morgan fingerprint density at radius 1 is 1.32 bits per heavy atom. The predicted octanol–water partition coefficient (Wildman–Crippen LogP) is 0.659. The van der Waals surface area contributed by atoms with E-state index in [1.165, 1.54) is 0 Å². The summed E-state index contributed by atoms with van der Waals surface area (Å²) < 4.78 is 4.90. The lowest BCUT2D eigenvalue weighted by Crippen LogP contribution is -2.53. The highest BCUT2D eigenvalue weighted by atomic mass is 16.5. The number of aryl methyl sites for hydroxylation is 1. The maximum Gasteiger partial charge on any atom is 0.317 e. The Balaban J connectivity index is 1.70. The van der Waals surface area contributed by atoms with Crippen LogP contribution in [0.2, 0.25) is 0 Å². The van der Waals surface area contributed by atoms with E-state index in [1.54, 1.807) is 17.9 Å². The van der Waals surface area contributed by atoms with Crippen LogP contribution in [0.25, 0.3) is 0 Å². The van der Waals surface area contributed by atoms with E-state index in [0.29, 0.717) is 44.3 Å². The summed E-state index contributed by atoms with van der Waals surface area (Å²) in [6.45, 7) is 7.40. The molecule has 8 nitrogen and oxygen atoms in total. The Bertz CT molecular complexity index is 508. The zero-order valence-corrected chi connectivity index (χ0v) is 13.1. The van der Waals surface area contributed by atoms with Crippen molar-refractivity contribution < 1.29 is 14.1 Å². The van der Waals surface area contributed by atoms with Crippen LogP contribution in [0.5, 0.6) is 0 Å². The number of carbonyl (C=O) groups excluding carboxylic acids is 2. The summed E-state index contributed by atoms with van der Waals surface area (Å²) in [5, 5.41) is 9.28. The highest BCUT2D eigenvalue weighted by molar-refractivity contribution is 5.91. The molecule has 1 saturated heterocycles. The lowest BCUT2D eigenvalue weighted by atomic mass is 10.3. The van der Waals surface area contributed by atoms with Gasteiger partial charge in [-0.25, -0.2) is 4.79 Å². The van der Waals surface area contributed by atoms with Gasteiger partial charge in [0, 0.05) is 38.8 Å². The van der Waals surface area contributed by atoms with E-state index < -0.39 is 0 Å². The van der Waals surface area contributed by atoms with Gasteiger partial charge in [-0.05, 0) is 13.3 Å². The largest absolute Gasteiger partial charge is 0.360 e. The van der Waals surface area contributed by atoms with Crippen molar-refractivity contribution in [1.29, 1.82) is 0 Å². The quantitative estimate of drug-likeness (QED) is 0.834. The third-order valence-electron chi connectivity index (χ3n) is 3.45. The Kier molecular flexibility index (Phi) is 5.76. The van der Waals surface area contributed by atoms with Crippen molar-refractivity contribution in [2.75, 3.05) is 44.6 Å². The number of amides is 3. The van der Waals surface area contributed by atoms with Gasteiger partial charge in [0.2, 0.25) is 5.91 Å². The van der Waals surface area contributed by atoms with Crippen molar-refractivity contribution in [1.82, 2.24) is 20.3 Å². The molecule has 1 aliphatic rings. The maximum atomic E-state index is 11.9. The van der Waals surface area contributed by atoms with Crippen LogP contribution in [0.4, 0.5) is 10.6 Å². The SMILES string of the molecule is CCCNC(=O)N1CCN(CC(=O)Nc2cc(C)on2)CC1. The van der Waals surface area contributed by atoms with Gasteiger partial charge in [-0.3, -0.25) is 9.69 Å². The number of carbonyl (C=O) groups is 2. The molecule has 0 atom stereocenters. The van der Waals surface area contributed by atoms with Crippen molar-refractivity contribution in [3.8, 4) is 0 Å².